The Kier molecular flexibility index (Phi) is 3.63. The van der Waals surface area contributed by atoms with E-state index in [1.54, 1.807) is 24.0 Å². The Hall–Kier alpha value is -2.29. The summed E-state index contributed by atoms with van der Waals surface area (Å²) in [5, 5.41) is 8.63. The van der Waals surface area contributed by atoms with Crippen molar-refractivity contribution < 1.29 is 14.3 Å². The van der Waals surface area contributed by atoms with E-state index in [4.69, 9.17) is 14.7 Å². The zero-order valence-electron chi connectivity index (χ0n) is 10.00. The lowest BCUT2D eigenvalue weighted by Crippen LogP contribution is -2.56. The molecule has 1 aliphatic heterocycles. The molecule has 0 aliphatic carbocycles. The van der Waals surface area contributed by atoms with Gasteiger partial charge in [0.15, 0.2) is 0 Å². The molecule has 0 spiro atoms. The second kappa shape index (κ2) is 5.36. The van der Waals surface area contributed by atoms with Crippen molar-refractivity contribution in [2.24, 2.45) is 0 Å². The van der Waals surface area contributed by atoms with Gasteiger partial charge in [-0.15, -0.1) is 0 Å². The average Bonchev–Trinajstić information content (AvgIpc) is 2.34. The van der Waals surface area contributed by atoms with Crippen LogP contribution in [0.3, 0.4) is 0 Å². The Morgan fingerprint density at radius 1 is 1.61 bits per heavy atom. The van der Waals surface area contributed by atoms with Crippen molar-refractivity contribution >= 4 is 6.09 Å². The Balaban J connectivity index is 1.79. The lowest BCUT2D eigenvalue weighted by molar-refractivity contribution is 0.0107. The second-order valence-electron chi connectivity index (χ2n) is 3.84. The third kappa shape index (κ3) is 2.69. The fourth-order valence-electron chi connectivity index (χ4n) is 1.56. The molecule has 6 nitrogen and oxygen atoms in total. The van der Waals surface area contributed by atoms with E-state index in [-0.39, 0.29) is 12.2 Å². The fraction of sp³-hybridized carbons (Fsp3) is 0.417. The molecule has 0 N–H and O–H groups in total. The van der Waals surface area contributed by atoms with Crippen LogP contribution in [0.15, 0.2) is 18.3 Å². The van der Waals surface area contributed by atoms with E-state index in [9.17, 15) is 4.79 Å². The van der Waals surface area contributed by atoms with Crippen LogP contribution < -0.4 is 4.74 Å². The van der Waals surface area contributed by atoms with Gasteiger partial charge in [-0.3, -0.25) is 0 Å². The highest BCUT2D eigenvalue weighted by molar-refractivity contribution is 5.68. The van der Waals surface area contributed by atoms with Gasteiger partial charge in [-0.25, -0.2) is 9.78 Å². The number of nitrogens with zero attached hydrogens (tertiary/aromatic N) is 3. The van der Waals surface area contributed by atoms with Gasteiger partial charge in [0.25, 0.3) is 0 Å². The molecule has 6 heteroatoms. The number of pyridine rings is 1. The van der Waals surface area contributed by atoms with Gasteiger partial charge in [-0.1, -0.05) is 0 Å². The van der Waals surface area contributed by atoms with Crippen LogP contribution in [0.1, 0.15) is 12.5 Å². The molecule has 0 aromatic carbocycles. The number of amides is 1. The number of carbonyl (C=O) groups is 1. The van der Waals surface area contributed by atoms with Gasteiger partial charge >= 0.3 is 6.09 Å². The van der Waals surface area contributed by atoms with E-state index in [1.165, 1.54) is 6.20 Å². The molecule has 2 rings (SSSR count). The van der Waals surface area contributed by atoms with Gasteiger partial charge < -0.3 is 14.4 Å². The number of aromatic nitrogens is 1. The Morgan fingerprint density at radius 3 is 2.94 bits per heavy atom. The predicted molar refractivity (Wildman–Crippen MR) is 62.0 cm³/mol. The first-order valence-electron chi connectivity index (χ1n) is 5.67. The highest BCUT2D eigenvalue weighted by atomic mass is 16.6. The molecular formula is C12H13N3O3. The van der Waals surface area contributed by atoms with Gasteiger partial charge in [0.05, 0.1) is 25.3 Å². The lowest BCUT2D eigenvalue weighted by Gasteiger charge is -2.37. The second-order valence-corrected chi connectivity index (χ2v) is 3.84. The van der Waals surface area contributed by atoms with Gasteiger partial charge in [-0.05, 0) is 13.0 Å². The molecule has 0 radical (unpaired) electrons. The van der Waals surface area contributed by atoms with Crippen molar-refractivity contribution in [3.63, 3.8) is 0 Å². The maximum atomic E-state index is 11.3. The van der Waals surface area contributed by atoms with E-state index in [2.05, 4.69) is 4.98 Å². The number of likely N-dealkylation sites (tertiary alicyclic amines) is 1. The van der Waals surface area contributed by atoms with Gasteiger partial charge in [0, 0.05) is 12.3 Å². The van der Waals surface area contributed by atoms with Gasteiger partial charge in [0.1, 0.15) is 12.2 Å². The molecule has 94 valence electrons. The van der Waals surface area contributed by atoms with Crippen molar-refractivity contribution in [2.45, 2.75) is 13.0 Å². The van der Waals surface area contributed by atoms with Gasteiger partial charge in [-0.2, -0.15) is 5.26 Å². The summed E-state index contributed by atoms with van der Waals surface area (Å²) in [4.78, 5) is 16.9. The summed E-state index contributed by atoms with van der Waals surface area (Å²) in [5.41, 5.74) is 0.490. The third-order valence-electron chi connectivity index (χ3n) is 2.53. The van der Waals surface area contributed by atoms with Crippen LogP contribution in [0.4, 0.5) is 4.79 Å². The van der Waals surface area contributed by atoms with Crippen molar-refractivity contribution in [1.82, 2.24) is 9.88 Å². The molecular weight excluding hydrogens is 234 g/mol. The lowest BCUT2D eigenvalue weighted by atomic mass is 10.2. The van der Waals surface area contributed by atoms with Crippen LogP contribution in [0.2, 0.25) is 0 Å². The number of carbonyl (C=O) groups excluding carboxylic acids is 1. The number of hydrogen-bond acceptors (Lipinski definition) is 5. The third-order valence-corrected chi connectivity index (χ3v) is 2.53. The molecule has 0 atom stereocenters. The van der Waals surface area contributed by atoms with Crippen molar-refractivity contribution in [3.05, 3.63) is 23.9 Å². The van der Waals surface area contributed by atoms with Crippen molar-refractivity contribution in [2.75, 3.05) is 19.7 Å². The van der Waals surface area contributed by atoms with E-state index < -0.39 is 0 Å². The minimum atomic E-state index is -0.315. The predicted octanol–water partition coefficient (Wildman–Crippen LogP) is 1.17. The number of hydrogen-bond donors (Lipinski definition) is 0. The fourth-order valence-corrected chi connectivity index (χ4v) is 1.56. The maximum Gasteiger partial charge on any atom is 0.410 e. The van der Waals surface area contributed by atoms with Crippen LogP contribution in [0.25, 0.3) is 0 Å². The molecule has 1 aromatic heterocycles. The molecule has 2 heterocycles. The quantitative estimate of drug-likeness (QED) is 0.801. The summed E-state index contributed by atoms with van der Waals surface area (Å²) in [6.07, 6.45) is 1.08. The first-order valence-corrected chi connectivity index (χ1v) is 5.67. The van der Waals surface area contributed by atoms with Crippen LogP contribution >= 0.6 is 0 Å². The Bertz CT molecular complexity index is 460. The topological polar surface area (TPSA) is 75.4 Å². The molecule has 18 heavy (non-hydrogen) atoms. The van der Waals surface area contributed by atoms with Crippen molar-refractivity contribution in [3.8, 4) is 11.9 Å². The summed E-state index contributed by atoms with van der Waals surface area (Å²) in [5.74, 6) is 0.461. The summed E-state index contributed by atoms with van der Waals surface area (Å²) in [6.45, 7) is 3.14. The molecule has 1 aromatic rings. The zero-order chi connectivity index (χ0) is 13.0. The minimum Gasteiger partial charge on any atom is -0.471 e. The molecule has 0 saturated carbocycles. The van der Waals surface area contributed by atoms with Crippen LogP contribution in [0.5, 0.6) is 5.88 Å². The molecule has 0 unspecified atom stereocenters. The first kappa shape index (κ1) is 12.2. The smallest absolute Gasteiger partial charge is 0.410 e. The monoisotopic (exact) mass is 247 g/mol. The highest BCUT2D eigenvalue weighted by Gasteiger charge is 2.33. The van der Waals surface area contributed by atoms with E-state index >= 15 is 0 Å². The number of ether oxygens (including phenoxy) is 2. The summed E-state index contributed by atoms with van der Waals surface area (Å²) < 4.78 is 10.4. The van der Waals surface area contributed by atoms with Crippen LogP contribution in [-0.4, -0.2) is 41.8 Å². The normalized spacial score (nSPS) is 14.6. The zero-order valence-corrected chi connectivity index (χ0v) is 10.00. The minimum absolute atomic E-state index is 0.0603. The molecule has 0 bridgehead atoms. The Morgan fingerprint density at radius 2 is 2.39 bits per heavy atom. The largest absolute Gasteiger partial charge is 0.471 e. The standard InChI is InChI=1S/C12H13N3O3/c1-2-17-12(16)15-7-10(8-15)18-11-4-3-9(5-13)6-14-11/h3-4,6,10H,2,7-8H2,1H3. The van der Waals surface area contributed by atoms with E-state index in [0.717, 1.165) is 0 Å². The van der Waals surface area contributed by atoms with Crippen LogP contribution in [-0.2, 0) is 4.74 Å². The van der Waals surface area contributed by atoms with Crippen molar-refractivity contribution in [1.29, 1.82) is 5.26 Å². The van der Waals surface area contributed by atoms with E-state index in [1.807, 2.05) is 6.07 Å². The average molecular weight is 247 g/mol. The van der Waals surface area contributed by atoms with Crippen LogP contribution in [0, 0.1) is 11.3 Å². The summed E-state index contributed by atoms with van der Waals surface area (Å²) in [7, 11) is 0. The number of rotatable bonds is 3. The number of nitriles is 1. The SMILES string of the molecule is CCOC(=O)N1CC(Oc2ccc(C#N)cn2)C1. The maximum absolute atomic E-state index is 11.3. The Labute approximate surface area is 105 Å². The molecule has 1 saturated heterocycles. The molecule has 1 aliphatic rings. The summed E-state index contributed by atoms with van der Waals surface area (Å²) in [6, 6.07) is 5.27. The molecule has 1 fully saturated rings. The van der Waals surface area contributed by atoms with Gasteiger partial charge in [0.2, 0.25) is 5.88 Å². The molecule has 1 amide bonds. The summed E-state index contributed by atoms with van der Waals surface area (Å²) >= 11 is 0. The highest BCUT2D eigenvalue weighted by Crippen LogP contribution is 2.16. The first-order chi connectivity index (χ1) is 8.72. The van der Waals surface area contributed by atoms with E-state index in [0.29, 0.717) is 31.1 Å².